The molecule has 4 heteroatoms. The molecular formula is C18H21N3Si. The van der Waals surface area contributed by atoms with Gasteiger partial charge in [-0.25, -0.2) is 4.68 Å². The first-order valence-corrected chi connectivity index (χ1v) is 11.1. The first-order chi connectivity index (χ1) is 10.6. The molecule has 0 spiro atoms. The second-order valence-electron chi connectivity index (χ2n) is 6.55. The number of benzene rings is 2. The van der Waals surface area contributed by atoms with Crippen LogP contribution in [0.15, 0.2) is 60.7 Å². The quantitative estimate of drug-likeness (QED) is 0.690. The Morgan fingerprint density at radius 1 is 0.864 bits per heavy atom. The van der Waals surface area contributed by atoms with Crippen LogP contribution in [-0.2, 0) is 6.54 Å². The molecule has 0 amide bonds. The summed E-state index contributed by atoms with van der Waals surface area (Å²) in [6.07, 6.45) is 0. The average Bonchev–Trinajstić information content (AvgIpc) is 2.93. The van der Waals surface area contributed by atoms with E-state index in [4.69, 9.17) is 0 Å². The summed E-state index contributed by atoms with van der Waals surface area (Å²) in [6.45, 7) is 7.70. The van der Waals surface area contributed by atoms with Gasteiger partial charge in [0.25, 0.3) is 0 Å². The number of hydrogen-bond donors (Lipinski definition) is 0. The molecule has 0 atom stereocenters. The Hall–Kier alpha value is -2.20. The van der Waals surface area contributed by atoms with Gasteiger partial charge in [-0.05, 0) is 5.56 Å². The van der Waals surface area contributed by atoms with Gasteiger partial charge in [-0.1, -0.05) is 85.5 Å². The highest BCUT2D eigenvalue weighted by Crippen LogP contribution is 2.20. The van der Waals surface area contributed by atoms with E-state index < -0.39 is 8.07 Å². The Bertz CT molecular complexity index is 743. The Morgan fingerprint density at radius 3 is 2.05 bits per heavy atom. The lowest BCUT2D eigenvalue weighted by atomic mass is 10.1. The van der Waals surface area contributed by atoms with Crippen molar-refractivity contribution in [2.24, 2.45) is 0 Å². The van der Waals surface area contributed by atoms with Gasteiger partial charge >= 0.3 is 0 Å². The highest BCUT2D eigenvalue weighted by molar-refractivity contribution is 6.89. The first-order valence-electron chi connectivity index (χ1n) is 7.59. The summed E-state index contributed by atoms with van der Waals surface area (Å²) in [5.74, 6) is 0. The van der Waals surface area contributed by atoms with Gasteiger partial charge in [-0.3, -0.25) is 0 Å². The molecule has 0 fully saturated rings. The topological polar surface area (TPSA) is 30.7 Å². The van der Waals surface area contributed by atoms with Crippen molar-refractivity contribution in [3.05, 3.63) is 66.2 Å². The number of hydrogen-bond acceptors (Lipinski definition) is 2. The molecule has 1 heterocycles. The largest absolute Gasteiger partial charge is 0.240 e. The molecule has 22 heavy (non-hydrogen) atoms. The fourth-order valence-corrected chi connectivity index (χ4v) is 3.90. The fraction of sp³-hybridized carbons (Fsp3) is 0.222. The van der Waals surface area contributed by atoms with E-state index in [0.29, 0.717) is 0 Å². The number of rotatable bonds is 4. The van der Waals surface area contributed by atoms with Gasteiger partial charge in [0.05, 0.1) is 17.6 Å². The van der Waals surface area contributed by atoms with Crippen molar-refractivity contribution >= 4 is 13.4 Å². The molecule has 0 bridgehead atoms. The van der Waals surface area contributed by atoms with Crippen LogP contribution < -0.4 is 5.32 Å². The molecule has 0 saturated carbocycles. The summed E-state index contributed by atoms with van der Waals surface area (Å²) in [6, 6.07) is 20.9. The van der Waals surface area contributed by atoms with Crippen LogP contribution in [0, 0.1) is 0 Å². The molecule has 0 saturated heterocycles. The zero-order chi connectivity index (χ0) is 15.6. The molecule has 0 radical (unpaired) electrons. The first kappa shape index (κ1) is 14.7. The van der Waals surface area contributed by atoms with E-state index in [0.717, 1.165) is 6.54 Å². The Balaban J connectivity index is 2.09. The Morgan fingerprint density at radius 2 is 1.45 bits per heavy atom. The van der Waals surface area contributed by atoms with Crippen LogP contribution in [0.3, 0.4) is 0 Å². The SMILES string of the molecule is C[Si](C)(C)c1nnn(Cc2ccccc2)c1-c1ccccc1. The summed E-state index contributed by atoms with van der Waals surface area (Å²) < 4.78 is 2.04. The lowest BCUT2D eigenvalue weighted by molar-refractivity contribution is 0.656. The summed E-state index contributed by atoms with van der Waals surface area (Å²) in [5.41, 5.74) is 3.61. The predicted octanol–water partition coefficient (Wildman–Crippen LogP) is 3.54. The van der Waals surface area contributed by atoms with Crippen molar-refractivity contribution in [2.45, 2.75) is 26.2 Å². The van der Waals surface area contributed by atoms with Crippen molar-refractivity contribution in [3.8, 4) is 11.3 Å². The van der Waals surface area contributed by atoms with Crippen LogP contribution in [0.2, 0.25) is 19.6 Å². The zero-order valence-corrected chi connectivity index (χ0v) is 14.3. The highest BCUT2D eigenvalue weighted by Gasteiger charge is 2.27. The van der Waals surface area contributed by atoms with Crippen LogP contribution >= 0.6 is 0 Å². The van der Waals surface area contributed by atoms with E-state index in [-0.39, 0.29) is 0 Å². The van der Waals surface area contributed by atoms with Crippen molar-refractivity contribution < 1.29 is 0 Å². The van der Waals surface area contributed by atoms with Crippen LogP contribution in [0.4, 0.5) is 0 Å². The van der Waals surface area contributed by atoms with Crippen molar-refractivity contribution in [3.63, 3.8) is 0 Å². The lowest BCUT2D eigenvalue weighted by Gasteiger charge is -2.16. The second-order valence-corrected chi connectivity index (χ2v) is 11.5. The van der Waals surface area contributed by atoms with Crippen LogP contribution in [0.25, 0.3) is 11.3 Å². The highest BCUT2D eigenvalue weighted by atomic mass is 28.3. The molecule has 0 N–H and O–H groups in total. The van der Waals surface area contributed by atoms with E-state index >= 15 is 0 Å². The standard InChI is InChI=1S/C18H21N3Si/c1-22(2,3)18-17(16-12-8-5-9-13-16)21(20-19-18)14-15-10-6-4-7-11-15/h4-13H,14H2,1-3H3. The van der Waals surface area contributed by atoms with Crippen molar-refractivity contribution in [1.29, 1.82) is 0 Å². The third-order valence-electron chi connectivity index (χ3n) is 3.67. The lowest BCUT2D eigenvalue weighted by Crippen LogP contribution is -2.40. The van der Waals surface area contributed by atoms with Gasteiger partial charge in [0.1, 0.15) is 8.07 Å². The minimum atomic E-state index is -1.55. The van der Waals surface area contributed by atoms with Gasteiger partial charge in [0, 0.05) is 5.56 Å². The van der Waals surface area contributed by atoms with Gasteiger partial charge in [0.2, 0.25) is 0 Å². The van der Waals surface area contributed by atoms with Crippen molar-refractivity contribution in [1.82, 2.24) is 15.0 Å². The third-order valence-corrected chi connectivity index (χ3v) is 5.43. The molecule has 0 aliphatic rings. The van der Waals surface area contributed by atoms with E-state index in [1.54, 1.807) is 0 Å². The summed E-state index contributed by atoms with van der Waals surface area (Å²) in [5, 5.41) is 10.2. The normalized spacial score (nSPS) is 11.6. The molecular weight excluding hydrogens is 286 g/mol. The smallest absolute Gasteiger partial charge is 0.107 e. The zero-order valence-electron chi connectivity index (χ0n) is 13.3. The van der Waals surface area contributed by atoms with E-state index in [2.05, 4.69) is 78.5 Å². The minimum absolute atomic E-state index is 0.753. The monoisotopic (exact) mass is 307 g/mol. The average molecular weight is 307 g/mol. The Kier molecular flexibility index (Phi) is 3.94. The fourth-order valence-electron chi connectivity index (χ4n) is 2.57. The van der Waals surface area contributed by atoms with Crippen LogP contribution in [0.1, 0.15) is 5.56 Å². The molecule has 3 aromatic rings. The van der Waals surface area contributed by atoms with Gasteiger partial charge < -0.3 is 0 Å². The second kappa shape index (κ2) is 5.89. The van der Waals surface area contributed by atoms with E-state index in [9.17, 15) is 0 Å². The maximum atomic E-state index is 4.53. The predicted molar refractivity (Wildman–Crippen MR) is 94.0 cm³/mol. The van der Waals surface area contributed by atoms with Gasteiger partial charge in [-0.15, -0.1) is 5.10 Å². The minimum Gasteiger partial charge on any atom is -0.240 e. The van der Waals surface area contributed by atoms with Crippen LogP contribution in [0.5, 0.6) is 0 Å². The summed E-state index contributed by atoms with van der Waals surface area (Å²) in [4.78, 5) is 0. The Labute approximate surface area is 132 Å². The molecule has 3 rings (SSSR count). The maximum Gasteiger partial charge on any atom is 0.107 e. The number of nitrogens with zero attached hydrogens (tertiary/aromatic N) is 3. The summed E-state index contributed by atoms with van der Waals surface area (Å²) in [7, 11) is -1.55. The molecule has 1 aromatic heterocycles. The van der Waals surface area contributed by atoms with Gasteiger partial charge in [-0.2, -0.15) is 0 Å². The molecule has 3 nitrogen and oxygen atoms in total. The van der Waals surface area contributed by atoms with E-state index in [1.165, 1.54) is 22.1 Å². The maximum absolute atomic E-state index is 4.53. The third kappa shape index (κ3) is 3.02. The molecule has 112 valence electrons. The molecule has 0 aliphatic carbocycles. The summed E-state index contributed by atoms with van der Waals surface area (Å²) >= 11 is 0. The van der Waals surface area contributed by atoms with Crippen molar-refractivity contribution in [2.75, 3.05) is 0 Å². The molecule has 0 unspecified atom stereocenters. The number of aromatic nitrogens is 3. The van der Waals surface area contributed by atoms with Crippen LogP contribution in [-0.4, -0.2) is 23.1 Å². The molecule has 0 aliphatic heterocycles. The van der Waals surface area contributed by atoms with Gasteiger partial charge in [0.15, 0.2) is 0 Å². The van der Waals surface area contributed by atoms with E-state index in [1.807, 2.05) is 16.8 Å². The molecule has 2 aromatic carbocycles.